The van der Waals surface area contributed by atoms with Gasteiger partial charge in [-0.1, -0.05) is 36.7 Å². The average molecular weight is 538 g/mol. The van der Waals surface area contributed by atoms with Crippen molar-refractivity contribution in [3.05, 3.63) is 58.6 Å². The van der Waals surface area contributed by atoms with E-state index in [1.807, 2.05) is 38.1 Å². The lowest BCUT2D eigenvalue weighted by atomic mass is 10.1. The molecule has 0 spiro atoms. The summed E-state index contributed by atoms with van der Waals surface area (Å²) in [5, 5.41) is 3.27. The summed E-state index contributed by atoms with van der Waals surface area (Å²) in [6.45, 7) is 6.31. The van der Waals surface area contributed by atoms with E-state index in [0.29, 0.717) is 23.0 Å². The Bertz CT molecular complexity index is 1160. The Morgan fingerprint density at radius 1 is 1.17 bits per heavy atom. The van der Waals surface area contributed by atoms with Gasteiger partial charge in [-0.15, -0.1) is 0 Å². The van der Waals surface area contributed by atoms with Crippen molar-refractivity contribution in [1.82, 2.24) is 10.2 Å². The highest BCUT2D eigenvalue weighted by Gasteiger charge is 2.27. The van der Waals surface area contributed by atoms with Crippen LogP contribution in [0.3, 0.4) is 0 Å². The molecule has 2 rings (SSSR count). The summed E-state index contributed by atoms with van der Waals surface area (Å²) < 4.78 is 31.6. The van der Waals surface area contributed by atoms with Crippen LogP contribution in [-0.4, -0.2) is 57.6 Å². The number of rotatable bonds is 13. The standard InChI is InChI=1S/C26H36ClN3O5S/c1-6-14-28-26(32)20(3)29(18-21-9-7-10-23(16-21)35-4)25(31)11-8-15-30(36(5,33)34)24-17-22(27)13-12-19(24)2/h7,9-10,12-13,16-17,20H,6,8,11,14-15,18H2,1-5H3,(H,28,32). The van der Waals surface area contributed by atoms with Crippen molar-refractivity contribution in [2.24, 2.45) is 0 Å². The van der Waals surface area contributed by atoms with Crippen LogP contribution < -0.4 is 14.4 Å². The molecule has 8 nitrogen and oxygen atoms in total. The van der Waals surface area contributed by atoms with E-state index < -0.39 is 16.1 Å². The number of benzene rings is 2. The number of amides is 2. The second-order valence-corrected chi connectivity index (χ2v) is 11.1. The molecule has 198 valence electrons. The normalized spacial score (nSPS) is 12.1. The van der Waals surface area contributed by atoms with Crippen LogP contribution in [0.15, 0.2) is 42.5 Å². The zero-order chi connectivity index (χ0) is 26.9. The molecule has 1 N–H and O–H groups in total. The molecule has 0 aliphatic heterocycles. The Balaban J connectivity index is 2.21. The molecular weight excluding hydrogens is 502 g/mol. The molecule has 0 aliphatic carbocycles. The lowest BCUT2D eigenvalue weighted by Gasteiger charge is -2.29. The molecule has 10 heteroatoms. The average Bonchev–Trinajstić information content (AvgIpc) is 2.84. The number of hydrogen-bond acceptors (Lipinski definition) is 5. The molecular formula is C26H36ClN3O5S. The summed E-state index contributed by atoms with van der Waals surface area (Å²) >= 11 is 6.11. The predicted molar refractivity (Wildman–Crippen MR) is 144 cm³/mol. The summed E-state index contributed by atoms with van der Waals surface area (Å²) in [6.07, 6.45) is 2.26. The van der Waals surface area contributed by atoms with Crippen LogP contribution in [0.4, 0.5) is 5.69 Å². The van der Waals surface area contributed by atoms with Gasteiger partial charge in [0.15, 0.2) is 0 Å². The van der Waals surface area contributed by atoms with Crippen LogP contribution >= 0.6 is 11.6 Å². The minimum Gasteiger partial charge on any atom is -0.497 e. The number of halogens is 1. The molecule has 2 amide bonds. The number of aryl methyl sites for hydroxylation is 1. The fourth-order valence-electron chi connectivity index (χ4n) is 3.78. The molecule has 0 saturated heterocycles. The van der Waals surface area contributed by atoms with Gasteiger partial charge in [0.1, 0.15) is 11.8 Å². The Hall–Kier alpha value is -2.78. The summed E-state index contributed by atoms with van der Waals surface area (Å²) in [6, 6.07) is 11.7. The number of carbonyl (C=O) groups is 2. The highest BCUT2D eigenvalue weighted by atomic mass is 35.5. The molecule has 36 heavy (non-hydrogen) atoms. The number of anilines is 1. The van der Waals surface area contributed by atoms with Crippen molar-refractivity contribution in [2.45, 2.75) is 52.6 Å². The van der Waals surface area contributed by atoms with Crippen LogP contribution in [0.5, 0.6) is 5.75 Å². The van der Waals surface area contributed by atoms with Gasteiger partial charge >= 0.3 is 0 Å². The second kappa shape index (κ2) is 13.5. The highest BCUT2D eigenvalue weighted by molar-refractivity contribution is 7.92. The first-order valence-electron chi connectivity index (χ1n) is 11.9. The first-order chi connectivity index (χ1) is 17.0. The minimum absolute atomic E-state index is 0.0704. The molecule has 2 aromatic rings. The Morgan fingerprint density at radius 3 is 2.53 bits per heavy atom. The van der Waals surface area contributed by atoms with E-state index in [-0.39, 0.29) is 37.7 Å². The van der Waals surface area contributed by atoms with E-state index >= 15 is 0 Å². The Labute approximate surface area is 219 Å². The topological polar surface area (TPSA) is 96.0 Å². The summed E-state index contributed by atoms with van der Waals surface area (Å²) in [5.41, 5.74) is 2.07. The summed E-state index contributed by atoms with van der Waals surface area (Å²) in [7, 11) is -2.03. The number of nitrogens with zero attached hydrogens (tertiary/aromatic N) is 2. The van der Waals surface area contributed by atoms with Crippen LogP contribution in [0.1, 0.15) is 44.2 Å². The van der Waals surface area contributed by atoms with Gasteiger partial charge in [0.25, 0.3) is 0 Å². The molecule has 0 aromatic heterocycles. The van der Waals surface area contributed by atoms with E-state index in [1.54, 1.807) is 32.2 Å². The quantitative estimate of drug-likeness (QED) is 0.414. The Morgan fingerprint density at radius 2 is 1.89 bits per heavy atom. The van der Waals surface area contributed by atoms with Crippen LogP contribution in [-0.2, 0) is 26.2 Å². The van der Waals surface area contributed by atoms with Gasteiger partial charge in [-0.05, 0) is 62.1 Å². The van der Waals surface area contributed by atoms with Crippen molar-refractivity contribution in [2.75, 3.05) is 30.8 Å². The second-order valence-electron chi connectivity index (χ2n) is 8.71. The lowest BCUT2D eigenvalue weighted by Crippen LogP contribution is -2.47. The number of hydrogen-bond donors (Lipinski definition) is 1. The third-order valence-electron chi connectivity index (χ3n) is 5.80. The van der Waals surface area contributed by atoms with Gasteiger partial charge in [-0.2, -0.15) is 0 Å². The number of nitrogens with one attached hydrogen (secondary N) is 1. The first-order valence-corrected chi connectivity index (χ1v) is 14.1. The number of methoxy groups -OCH3 is 1. The fourth-order valence-corrected chi connectivity index (χ4v) is 4.96. The number of carbonyl (C=O) groups excluding carboxylic acids is 2. The smallest absolute Gasteiger partial charge is 0.242 e. The molecule has 0 aliphatic rings. The van der Waals surface area contributed by atoms with Crippen molar-refractivity contribution in [3.8, 4) is 5.75 Å². The Kier molecular flexibility index (Phi) is 11.0. The maximum atomic E-state index is 13.3. The third-order valence-corrected chi connectivity index (χ3v) is 7.21. The van der Waals surface area contributed by atoms with Gasteiger partial charge < -0.3 is 15.0 Å². The highest BCUT2D eigenvalue weighted by Crippen LogP contribution is 2.27. The maximum absolute atomic E-state index is 13.3. The SMILES string of the molecule is CCCNC(=O)C(C)N(Cc1cccc(OC)c1)C(=O)CCCN(c1cc(Cl)ccc1C)S(C)(=O)=O. The lowest BCUT2D eigenvalue weighted by molar-refractivity contribution is -0.140. The van der Waals surface area contributed by atoms with E-state index in [9.17, 15) is 18.0 Å². The molecule has 0 fully saturated rings. The van der Waals surface area contributed by atoms with Crippen LogP contribution in [0.2, 0.25) is 5.02 Å². The van der Waals surface area contributed by atoms with Gasteiger partial charge in [0.2, 0.25) is 21.8 Å². The van der Waals surface area contributed by atoms with Crippen LogP contribution in [0.25, 0.3) is 0 Å². The zero-order valence-corrected chi connectivity index (χ0v) is 23.2. The van der Waals surface area contributed by atoms with Crippen molar-refractivity contribution in [1.29, 1.82) is 0 Å². The van der Waals surface area contributed by atoms with Gasteiger partial charge in [0, 0.05) is 31.1 Å². The molecule has 2 aromatic carbocycles. The summed E-state index contributed by atoms with van der Waals surface area (Å²) in [4.78, 5) is 27.6. The largest absolute Gasteiger partial charge is 0.497 e. The maximum Gasteiger partial charge on any atom is 0.242 e. The number of ether oxygens (including phenoxy) is 1. The molecule has 1 atom stereocenters. The molecule has 1 unspecified atom stereocenters. The monoisotopic (exact) mass is 537 g/mol. The predicted octanol–water partition coefficient (Wildman–Crippen LogP) is 4.15. The van der Waals surface area contributed by atoms with Gasteiger partial charge in [-0.3, -0.25) is 13.9 Å². The minimum atomic E-state index is -3.60. The van der Waals surface area contributed by atoms with Crippen molar-refractivity contribution < 1.29 is 22.7 Å². The molecule has 0 bridgehead atoms. The zero-order valence-electron chi connectivity index (χ0n) is 21.6. The van der Waals surface area contributed by atoms with E-state index in [2.05, 4.69) is 5.32 Å². The van der Waals surface area contributed by atoms with Gasteiger partial charge in [-0.25, -0.2) is 8.42 Å². The van der Waals surface area contributed by atoms with E-state index in [1.165, 1.54) is 9.21 Å². The fraction of sp³-hybridized carbons (Fsp3) is 0.462. The van der Waals surface area contributed by atoms with Crippen LogP contribution in [0, 0.1) is 6.92 Å². The third kappa shape index (κ3) is 8.41. The van der Waals surface area contributed by atoms with Crippen molar-refractivity contribution >= 4 is 39.1 Å². The molecule has 0 radical (unpaired) electrons. The van der Waals surface area contributed by atoms with Crippen molar-refractivity contribution in [3.63, 3.8) is 0 Å². The molecule has 0 heterocycles. The van der Waals surface area contributed by atoms with Gasteiger partial charge in [0.05, 0.1) is 19.1 Å². The van der Waals surface area contributed by atoms with E-state index in [4.69, 9.17) is 16.3 Å². The number of sulfonamides is 1. The summed E-state index contributed by atoms with van der Waals surface area (Å²) in [5.74, 6) is 0.178. The molecule has 0 saturated carbocycles. The van der Waals surface area contributed by atoms with E-state index in [0.717, 1.165) is 23.8 Å². The first kappa shape index (κ1) is 29.5.